The molecule has 5 nitrogen and oxygen atoms in total. The molecule has 0 saturated carbocycles. The van der Waals surface area contributed by atoms with E-state index in [0.29, 0.717) is 6.42 Å². The Hall–Kier alpha value is -1.91. The fourth-order valence-corrected chi connectivity index (χ4v) is 1.76. The van der Waals surface area contributed by atoms with Crippen molar-refractivity contribution in [1.82, 2.24) is 19.9 Å². The summed E-state index contributed by atoms with van der Waals surface area (Å²) in [4.78, 5) is 11.5. The van der Waals surface area contributed by atoms with Crippen molar-refractivity contribution in [2.75, 3.05) is 0 Å². The number of nitrogens with zero attached hydrogens (tertiary/aromatic N) is 3. The number of rotatable bonds is 4. The monoisotopic (exact) mass is 232 g/mol. The maximum Gasteiger partial charge on any atom is 0.220 e. The molecule has 0 aliphatic rings. The van der Waals surface area contributed by atoms with Gasteiger partial charge in [0.15, 0.2) is 11.5 Å². The second kappa shape index (κ2) is 4.95. The number of fused-ring (bicyclic) bond motifs is 1. The molecule has 5 heteroatoms. The zero-order valence-corrected chi connectivity index (χ0v) is 10.1. The van der Waals surface area contributed by atoms with Crippen LogP contribution in [-0.2, 0) is 4.79 Å². The zero-order chi connectivity index (χ0) is 12.3. The summed E-state index contributed by atoms with van der Waals surface area (Å²) in [5.41, 5.74) is 0.791. The molecule has 0 radical (unpaired) electrons. The highest BCUT2D eigenvalue weighted by Crippen LogP contribution is 2.11. The molecule has 2 aromatic rings. The van der Waals surface area contributed by atoms with Crippen molar-refractivity contribution in [2.45, 2.75) is 32.7 Å². The van der Waals surface area contributed by atoms with Crippen LogP contribution in [0.2, 0.25) is 0 Å². The number of amides is 1. The smallest absolute Gasteiger partial charge is 0.220 e. The number of carbonyl (C=O) groups excluding carboxylic acids is 1. The van der Waals surface area contributed by atoms with Gasteiger partial charge in [-0.3, -0.25) is 9.20 Å². The molecule has 1 amide bonds. The molecule has 0 bridgehead atoms. The molecule has 0 aliphatic heterocycles. The molecular formula is C12H16N4O. The summed E-state index contributed by atoms with van der Waals surface area (Å²) in [7, 11) is 0. The van der Waals surface area contributed by atoms with Crippen LogP contribution >= 0.6 is 0 Å². The van der Waals surface area contributed by atoms with Crippen LogP contribution in [0.4, 0.5) is 0 Å². The Morgan fingerprint density at radius 3 is 3.06 bits per heavy atom. The van der Waals surface area contributed by atoms with Crippen LogP contribution < -0.4 is 5.32 Å². The van der Waals surface area contributed by atoms with Crippen molar-refractivity contribution >= 4 is 11.6 Å². The Bertz CT molecular complexity index is 520. The summed E-state index contributed by atoms with van der Waals surface area (Å²) in [5.74, 6) is 0.803. The molecule has 0 fully saturated rings. The lowest BCUT2D eigenvalue weighted by Crippen LogP contribution is -2.27. The maximum atomic E-state index is 11.5. The molecule has 0 aromatic carbocycles. The first-order chi connectivity index (χ1) is 8.22. The highest BCUT2D eigenvalue weighted by atomic mass is 16.1. The van der Waals surface area contributed by atoms with Gasteiger partial charge >= 0.3 is 0 Å². The van der Waals surface area contributed by atoms with Crippen molar-refractivity contribution in [3.05, 3.63) is 30.2 Å². The predicted octanol–water partition coefficient (Wildman–Crippen LogP) is 1.71. The Labute approximate surface area is 99.9 Å². The summed E-state index contributed by atoms with van der Waals surface area (Å²) >= 11 is 0. The van der Waals surface area contributed by atoms with E-state index < -0.39 is 0 Å². The predicted molar refractivity (Wildman–Crippen MR) is 64.5 cm³/mol. The molecule has 1 N–H and O–H groups in total. The van der Waals surface area contributed by atoms with Gasteiger partial charge in [-0.1, -0.05) is 13.0 Å². The quantitative estimate of drug-likeness (QED) is 0.873. The minimum absolute atomic E-state index is 0.0488. The zero-order valence-electron chi connectivity index (χ0n) is 10.1. The number of hydrogen-bond acceptors (Lipinski definition) is 3. The molecule has 1 atom stereocenters. The van der Waals surface area contributed by atoms with Crippen molar-refractivity contribution in [3.8, 4) is 0 Å². The highest BCUT2D eigenvalue weighted by molar-refractivity contribution is 5.76. The number of carbonyl (C=O) groups is 1. The minimum atomic E-state index is -0.133. The van der Waals surface area contributed by atoms with Gasteiger partial charge < -0.3 is 5.32 Å². The number of nitrogens with one attached hydrogen (secondary N) is 1. The molecule has 2 aromatic heterocycles. The van der Waals surface area contributed by atoms with Crippen molar-refractivity contribution < 1.29 is 4.79 Å². The maximum absolute atomic E-state index is 11.5. The Morgan fingerprint density at radius 1 is 1.47 bits per heavy atom. The lowest BCUT2D eigenvalue weighted by Gasteiger charge is -2.11. The Morgan fingerprint density at radius 2 is 2.29 bits per heavy atom. The lowest BCUT2D eigenvalue weighted by molar-refractivity contribution is -0.121. The molecule has 0 saturated heterocycles. The number of hydrogen-bond donors (Lipinski definition) is 1. The Kier molecular flexibility index (Phi) is 3.37. The van der Waals surface area contributed by atoms with Gasteiger partial charge in [-0.15, -0.1) is 10.2 Å². The molecule has 90 valence electrons. The van der Waals surface area contributed by atoms with Gasteiger partial charge in [-0.25, -0.2) is 0 Å². The van der Waals surface area contributed by atoms with E-state index in [1.807, 2.05) is 42.6 Å². The SMILES string of the molecule is CCCC(=O)N[C@@H](C)c1nnc2ccccn12. The molecule has 2 heterocycles. The van der Waals surface area contributed by atoms with Gasteiger partial charge in [-0.05, 0) is 25.5 Å². The third kappa shape index (κ3) is 2.43. The van der Waals surface area contributed by atoms with Gasteiger partial charge in [0, 0.05) is 12.6 Å². The van der Waals surface area contributed by atoms with E-state index in [4.69, 9.17) is 0 Å². The average Bonchev–Trinajstić information content (AvgIpc) is 2.72. The average molecular weight is 232 g/mol. The standard InChI is InChI=1S/C12H16N4O/c1-3-6-11(17)13-9(2)12-15-14-10-7-4-5-8-16(10)12/h4-5,7-9H,3,6H2,1-2H3,(H,13,17)/t9-/m0/s1. The fourth-order valence-electron chi connectivity index (χ4n) is 1.76. The summed E-state index contributed by atoms with van der Waals surface area (Å²) in [6.45, 7) is 3.90. The van der Waals surface area contributed by atoms with Crippen LogP contribution in [0.5, 0.6) is 0 Å². The first-order valence-corrected chi connectivity index (χ1v) is 5.81. The van der Waals surface area contributed by atoms with Crippen LogP contribution in [0.3, 0.4) is 0 Å². The first kappa shape index (κ1) is 11.6. The normalized spacial score (nSPS) is 12.6. The highest BCUT2D eigenvalue weighted by Gasteiger charge is 2.14. The van der Waals surface area contributed by atoms with Gasteiger partial charge in [0.25, 0.3) is 0 Å². The third-order valence-electron chi connectivity index (χ3n) is 2.58. The molecule has 17 heavy (non-hydrogen) atoms. The van der Waals surface area contributed by atoms with Crippen LogP contribution in [-0.4, -0.2) is 20.5 Å². The van der Waals surface area contributed by atoms with Crippen LogP contribution in [0.1, 0.15) is 38.6 Å². The van der Waals surface area contributed by atoms with Crippen molar-refractivity contribution in [3.63, 3.8) is 0 Å². The van der Waals surface area contributed by atoms with Crippen molar-refractivity contribution in [2.24, 2.45) is 0 Å². The van der Waals surface area contributed by atoms with E-state index in [2.05, 4.69) is 15.5 Å². The number of aromatic nitrogens is 3. The lowest BCUT2D eigenvalue weighted by atomic mass is 10.2. The van der Waals surface area contributed by atoms with Crippen molar-refractivity contribution in [1.29, 1.82) is 0 Å². The second-order valence-electron chi connectivity index (χ2n) is 4.03. The van der Waals surface area contributed by atoms with E-state index in [1.54, 1.807) is 0 Å². The molecule has 0 spiro atoms. The van der Waals surface area contributed by atoms with E-state index in [9.17, 15) is 4.79 Å². The minimum Gasteiger partial charge on any atom is -0.346 e. The van der Waals surface area contributed by atoms with Crippen LogP contribution in [0, 0.1) is 0 Å². The number of pyridine rings is 1. The van der Waals surface area contributed by atoms with Gasteiger partial charge in [0.2, 0.25) is 5.91 Å². The Balaban J connectivity index is 2.19. The molecule has 0 unspecified atom stereocenters. The van der Waals surface area contributed by atoms with Crippen LogP contribution in [0.15, 0.2) is 24.4 Å². The third-order valence-corrected chi connectivity index (χ3v) is 2.58. The summed E-state index contributed by atoms with van der Waals surface area (Å²) in [6.07, 6.45) is 3.29. The second-order valence-corrected chi connectivity index (χ2v) is 4.03. The molecule has 0 aliphatic carbocycles. The summed E-state index contributed by atoms with van der Waals surface area (Å²) in [5, 5.41) is 11.1. The fraction of sp³-hybridized carbons (Fsp3) is 0.417. The largest absolute Gasteiger partial charge is 0.346 e. The molecule has 2 rings (SSSR count). The molecular weight excluding hydrogens is 216 g/mol. The summed E-state index contributed by atoms with van der Waals surface area (Å²) in [6, 6.07) is 5.58. The van der Waals surface area contributed by atoms with Gasteiger partial charge in [0.05, 0.1) is 6.04 Å². The van der Waals surface area contributed by atoms with E-state index in [1.165, 1.54) is 0 Å². The van der Waals surface area contributed by atoms with E-state index in [-0.39, 0.29) is 11.9 Å². The van der Waals surface area contributed by atoms with Crippen LogP contribution in [0.25, 0.3) is 5.65 Å². The topological polar surface area (TPSA) is 59.3 Å². The first-order valence-electron chi connectivity index (χ1n) is 5.81. The van der Waals surface area contributed by atoms with Gasteiger partial charge in [0.1, 0.15) is 0 Å². The van der Waals surface area contributed by atoms with Gasteiger partial charge in [-0.2, -0.15) is 0 Å². The van der Waals surface area contributed by atoms with E-state index in [0.717, 1.165) is 17.9 Å². The van der Waals surface area contributed by atoms with E-state index >= 15 is 0 Å². The summed E-state index contributed by atoms with van der Waals surface area (Å²) < 4.78 is 1.89.